The van der Waals surface area contributed by atoms with Gasteiger partial charge in [-0.1, -0.05) is 58.4 Å². The largest absolute Gasteiger partial charge is 0.485 e. The number of para-hydroxylation sites is 1. The van der Waals surface area contributed by atoms with Gasteiger partial charge >= 0.3 is 0 Å². The van der Waals surface area contributed by atoms with E-state index in [4.69, 9.17) is 4.74 Å². The summed E-state index contributed by atoms with van der Waals surface area (Å²) in [7, 11) is 0. The van der Waals surface area contributed by atoms with Gasteiger partial charge in [-0.15, -0.1) is 0 Å². The molecular weight excluding hydrogens is 336 g/mol. The molecular formula is C20H15BrO. The molecule has 108 valence electrons. The predicted molar refractivity (Wildman–Crippen MR) is 94.1 cm³/mol. The Hall–Kier alpha value is -2.06. The Balaban J connectivity index is 1.91. The van der Waals surface area contributed by atoms with Crippen molar-refractivity contribution in [1.29, 1.82) is 0 Å². The Morgan fingerprint density at radius 2 is 1.64 bits per heavy atom. The lowest BCUT2D eigenvalue weighted by atomic mass is 9.90. The first-order chi connectivity index (χ1) is 10.7. The Bertz CT molecular complexity index is 854. The molecule has 1 atom stereocenters. The van der Waals surface area contributed by atoms with E-state index in [1.54, 1.807) is 0 Å². The summed E-state index contributed by atoms with van der Waals surface area (Å²) in [6.45, 7) is 2.10. The molecule has 22 heavy (non-hydrogen) atoms. The maximum atomic E-state index is 6.02. The lowest BCUT2D eigenvalue weighted by molar-refractivity contribution is 0.223. The molecule has 0 saturated carbocycles. The molecule has 2 heteroatoms. The summed E-state index contributed by atoms with van der Waals surface area (Å²) in [5, 5.41) is 0. The third kappa shape index (κ3) is 2.24. The van der Waals surface area contributed by atoms with Gasteiger partial charge in [-0.05, 0) is 47.9 Å². The van der Waals surface area contributed by atoms with E-state index >= 15 is 0 Å². The van der Waals surface area contributed by atoms with Crippen molar-refractivity contribution in [2.24, 2.45) is 0 Å². The minimum atomic E-state index is 0.0847. The molecule has 0 fully saturated rings. The van der Waals surface area contributed by atoms with Gasteiger partial charge in [0, 0.05) is 15.6 Å². The second-order valence-electron chi connectivity index (χ2n) is 5.57. The molecule has 4 rings (SSSR count). The van der Waals surface area contributed by atoms with Gasteiger partial charge in [0.25, 0.3) is 0 Å². The van der Waals surface area contributed by atoms with Crippen LogP contribution in [0.5, 0.6) is 5.75 Å². The van der Waals surface area contributed by atoms with Crippen LogP contribution >= 0.6 is 15.9 Å². The van der Waals surface area contributed by atoms with E-state index in [2.05, 4.69) is 71.4 Å². The quantitative estimate of drug-likeness (QED) is 0.504. The zero-order valence-corrected chi connectivity index (χ0v) is 13.8. The van der Waals surface area contributed by atoms with Crippen molar-refractivity contribution < 1.29 is 4.74 Å². The number of halogens is 1. The SMILES string of the molecule is C[C@H]1Oc2ccccc2-c2cc(-c3cccc(Br)c3)ccc21. The molecule has 1 aliphatic rings. The molecule has 0 spiro atoms. The topological polar surface area (TPSA) is 9.23 Å². The minimum absolute atomic E-state index is 0.0847. The second-order valence-corrected chi connectivity index (χ2v) is 6.48. The highest BCUT2D eigenvalue weighted by Crippen LogP contribution is 2.43. The zero-order chi connectivity index (χ0) is 15.1. The molecule has 0 radical (unpaired) electrons. The fourth-order valence-corrected chi connectivity index (χ4v) is 3.44. The average Bonchev–Trinajstić information content (AvgIpc) is 2.55. The predicted octanol–water partition coefficient (Wildman–Crippen LogP) is 6.24. The number of ether oxygens (including phenoxy) is 1. The van der Waals surface area contributed by atoms with Crippen LogP contribution in [-0.4, -0.2) is 0 Å². The van der Waals surface area contributed by atoms with Crippen LogP contribution in [-0.2, 0) is 0 Å². The van der Waals surface area contributed by atoms with Gasteiger partial charge in [-0.25, -0.2) is 0 Å². The fraction of sp³-hybridized carbons (Fsp3) is 0.100. The van der Waals surface area contributed by atoms with Crippen molar-refractivity contribution in [2.75, 3.05) is 0 Å². The first-order valence-corrected chi connectivity index (χ1v) is 8.17. The third-order valence-corrected chi connectivity index (χ3v) is 4.62. The van der Waals surface area contributed by atoms with Crippen molar-refractivity contribution in [1.82, 2.24) is 0 Å². The monoisotopic (exact) mass is 350 g/mol. The third-order valence-electron chi connectivity index (χ3n) is 4.13. The van der Waals surface area contributed by atoms with E-state index in [1.807, 2.05) is 18.2 Å². The molecule has 1 nitrogen and oxygen atoms in total. The van der Waals surface area contributed by atoms with Crippen LogP contribution in [0, 0.1) is 0 Å². The molecule has 0 bridgehead atoms. The molecule has 1 heterocycles. The van der Waals surface area contributed by atoms with Crippen molar-refractivity contribution in [2.45, 2.75) is 13.0 Å². The molecule has 3 aromatic rings. The van der Waals surface area contributed by atoms with Gasteiger partial charge < -0.3 is 4.74 Å². The van der Waals surface area contributed by atoms with Crippen LogP contribution in [0.2, 0.25) is 0 Å². The van der Waals surface area contributed by atoms with Gasteiger partial charge in [0.05, 0.1) is 0 Å². The molecule has 3 aromatic carbocycles. The van der Waals surface area contributed by atoms with E-state index in [0.29, 0.717) is 0 Å². The minimum Gasteiger partial charge on any atom is -0.485 e. The first-order valence-electron chi connectivity index (χ1n) is 7.38. The Morgan fingerprint density at radius 1 is 0.818 bits per heavy atom. The normalized spacial score (nSPS) is 15.6. The zero-order valence-electron chi connectivity index (χ0n) is 12.2. The first kappa shape index (κ1) is 13.6. The second kappa shape index (κ2) is 5.29. The Morgan fingerprint density at radius 3 is 2.50 bits per heavy atom. The summed E-state index contributed by atoms with van der Waals surface area (Å²) in [6.07, 6.45) is 0.0847. The van der Waals surface area contributed by atoms with E-state index in [0.717, 1.165) is 10.2 Å². The lowest BCUT2D eigenvalue weighted by Gasteiger charge is -2.27. The number of rotatable bonds is 1. The van der Waals surface area contributed by atoms with Crippen molar-refractivity contribution >= 4 is 15.9 Å². The molecule has 0 aromatic heterocycles. The van der Waals surface area contributed by atoms with Gasteiger partial charge in [-0.2, -0.15) is 0 Å². The summed E-state index contributed by atoms with van der Waals surface area (Å²) in [6, 6.07) is 23.3. The molecule has 0 amide bonds. The number of hydrogen-bond donors (Lipinski definition) is 0. The summed E-state index contributed by atoms with van der Waals surface area (Å²) in [5.74, 6) is 0.967. The summed E-state index contributed by atoms with van der Waals surface area (Å²) in [5.41, 5.74) is 6.13. The van der Waals surface area contributed by atoms with Crippen LogP contribution in [0.1, 0.15) is 18.6 Å². The molecule has 0 unspecified atom stereocenters. The molecule has 0 N–H and O–H groups in total. The summed E-state index contributed by atoms with van der Waals surface area (Å²) in [4.78, 5) is 0. The van der Waals surface area contributed by atoms with Crippen molar-refractivity contribution in [3.8, 4) is 28.0 Å². The Kier molecular flexibility index (Phi) is 3.27. The van der Waals surface area contributed by atoms with E-state index in [1.165, 1.54) is 27.8 Å². The summed E-state index contributed by atoms with van der Waals surface area (Å²) >= 11 is 3.55. The van der Waals surface area contributed by atoms with Gasteiger partial charge in [0.15, 0.2) is 0 Å². The van der Waals surface area contributed by atoms with Gasteiger partial charge in [-0.3, -0.25) is 0 Å². The maximum absolute atomic E-state index is 6.02. The summed E-state index contributed by atoms with van der Waals surface area (Å²) < 4.78 is 7.11. The maximum Gasteiger partial charge on any atom is 0.128 e. The number of fused-ring (bicyclic) bond motifs is 3. The van der Waals surface area contributed by atoms with Crippen LogP contribution in [0.25, 0.3) is 22.3 Å². The van der Waals surface area contributed by atoms with Crippen LogP contribution in [0.3, 0.4) is 0 Å². The number of benzene rings is 3. The standard InChI is InChI=1S/C20H15BrO/c1-13-17-10-9-15(14-5-4-6-16(21)11-14)12-19(17)18-7-2-3-8-20(18)22-13/h2-13H,1H3/t13-/m1/s1. The van der Waals surface area contributed by atoms with Crippen molar-refractivity contribution in [3.05, 3.63) is 76.8 Å². The van der Waals surface area contributed by atoms with E-state index in [9.17, 15) is 0 Å². The Labute approximate surface area is 138 Å². The lowest BCUT2D eigenvalue weighted by Crippen LogP contribution is -2.10. The highest BCUT2D eigenvalue weighted by Gasteiger charge is 2.22. The van der Waals surface area contributed by atoms with E-state index in [-0.39, 0.29) is 6.10 Å². The van der Waals surface area contributed by atoms with Gasteiger partial charge in [0.2, 0.25) is 0 Å². The molecule has 0 saturated heterocycles. The highest BCUT2D eigenvalue weighted by molar-refractivity contribution is 9.10. The van der Waals surface area contributed by atoms with E-state index < -0.39 is 0 Å². The van der Waals surface area contributed by atoms with Crippen molar-refractivity contribution in [3.63, 3.8) is 0 Å². The average molecular weight is 351 g/mol. The highest BCUT2D eigenvalue weighted by atomic mass is 79.9. The van der Waals surface area contributed by atoms with Crippen LogP contribution in [0.4, 0.5) is 0 Å². The molecule has 0 aliphatic carbocycles. The van der Waals surface area contributed by atoms with Gasteiger partial charge in [0.1, 0.15) is 11.9 Å². The van der Waals surface area contributed by atoms with Crippen LogP contribution in [0.15, 0.2) is 71.2 Å². The smallest absolute Gasteiger partial charge is 0.128 e. The fourth-order valence-electron chi connectivity index (χ4n) is 3.04. The molecule has 1 aliphatic heterocycles. The van der Waals surface area contributed by atoms with Crippen LogP contribution < -0.4 is 4.74 Å². The number of hydrogen-bond acceptors (Lipinski definition) is 1.